The van der Waals surface area contributed by atoms with Gasteiger partial charge in [-0.15, -0.1) is 0 Å². The third kappa shape index (κ3) is 4.07. The number of nitrogens with one attached hydrogen (secondary N) is 1. The smallest absolute Gasteiger partial charge is 0.0681 e. The zero-order valence-electron chi connectivity index (χ0n) is 13.1. The second-order valence-electron chi connectivity index (χ2n) is 6.79. The van der Waals surface area contributed by atoms with E-state index in [0.717, 1.165) is 29.9 Å². The highest BCUT2D eigenvalue weighted by atomic mass is 16.3. The maximum absolute atomic E-state index is 9.07. The highest BCUT2D eigenvalue weighted by molar-refractivity contribution is 5.21. The molecule has 0 bridgehead atoms. The molecule has 1 fully saturated rings. The molecule has 1 aliphatic carbocycles. The molecule has 112 valence electrons. The molecule has 0 aromatic heterocycles. The molecule has 1 aliphatic rings. The zero-order valence-corrected chi connectivity index (χ0v) is 13.1. The van der Waals surface area contributed by atoms with E-state index in [0.29, 0.717) is 6.04 Å². The van der Waals surface area contributed by atoms with Crippen molar-refractivity contribution >= 4 is 0 Å². The molecule has 2 heteroatoms. The molecular weight excluding hydrogens is 246 g/mol. The molecule has 0 saturated heterocycles. The number of aliphatic hydroxyl groups excluding tert-OH is 1. The number of hydrogen-bond donors (Lipinski definition) is 2. The summed E-state index contributed by atoms with van der Waals surface area (Å²) in [5.41, 5.74) is 2.29. The van der Waals surface area contributed by atoms with Crippen molar-refractivity contribution in [2.45, 2.75) is 59.2 Å². The van der Waals surface area contributed by atoms with E-state index in [1.807, 2.05) is 12.1 Å². The number of aliphatic hydroxyl groups is 1. The third-order valence-electron chi connectivity index (χ3n) is 4.80. The van der Waals surface area contributed by atoms with E-state index in [1.165, 1.54) is 24.8 Å². The van der Waals surface area contributed by atoms with Crippen LogP contribution in [0.25, 0.3) is 0 Å². The molecule has 0 heterocycles. The van der Waals surface area contributed by atoms with Gasteiger partial charge in [0, 0.05) is 12.6 Å². The Morgan fingerprint density at radius 2 is 1.80 bits per heavy atom. The first-order valence-corrected chi connectivity index (χ1v) is 8.02. The topological polar surface area (TPSA) is 32.3 Å². The van der Waals surface area contributed by atoms with Crippen LogP contribution in [0.1, 0.15) is 51.2 Å². The molecule has 2 nitrogen and oxygen atoms in total. The van der Waals surface area contributed by atoms with E-state index >= 15 is 0 Å². The molecule has 3 atom stereocenters. The molecule has 0 radical (unpaired) electrons. The van der Waals surface area contributed by atoms with E-state index in [4.69, 9.17) is 5.11 Å². The van der Waals surface area contributed by atoms with Gasteiger partial charge in [-0.25, -0.2) is 0 Å². The first-order chi connectivity index (χ1) is 9.60. The molecule has 3 unspecified atom stereocenters. The Labute approximate surface area is 123 Å². The fraction of sp³-hybridized carbons (Fsp3) is 0.667. The lowest BCUT2D eigenvalue weighted by Crippen LogP contribution is -2.42. The van der Waals surface area contributed by atoms with Crippen molar-refractivity contribution < 1.29 is 5.11 Å². The van der Waals surface area contributed by atoms with Crippen LogP contribution >= 0.6 is 0 Å². The Morgan fingerprint density at radius 3 is 2.40 bits per heavy atom. The predicted molar refractivity (Wildman–Crippen MR) is 84.3 cm³/mol. The minimum atomic E-state index is 0.128. The van der Waals surface area contributed by atoms with Gasteiger partial charge in [-0.05, 0) is 41.7 Å². The summed E-state index contributed by atoms with van der Waals surface area (Å²) in [5, 5.41) is 12.8. The van der Waals surface area contributed by atoms with Crippen molar-refractivity contribution in [3.63, 3.8) is 0 Å². The molecule has 20 heavy (non-hydrogen) atoms. The highest BCUT2D eigenvalue weighted by Gasteiger charge is 2.30. The molecule has 1 saturated carbocycles. The van der Waals surface area contributed by atoms with Crippen LogP contribution in [0.5, 0.6) is 0 Å². The standard InChI is InChI=1S/C18H29NO/c1-13(2)17-9-4-14(3)10-18(17)19-11-15-5-7-16(12-20)8-6-15/h5-8,13-14,17-20H,4,9-12H2,1-3H3. The minimum Gasteiger partial charge on any atom is -0.392 e. The fourth-order valence-corrected chi connectivity index (χ4v) is 3.45. The van der Waals surface area contributed by atoms with Gasteiger partial charge in [0.2, 0.25) is 0 Å². The van der Waals surface area contributed by atoms with E-state index in [2.05, 4.69) is 38.2 Å². The first kappa shape index (κ1) is 15.5. The third-order valence-corrected chi connectivity index (χ3v) is 4.80. The summed E-state index contributed by atoms with van der Waals surface area (Å²) in [5.74, 6) is 2.42. The Kier molecular flexibility index (Phi) is 5.62. The van der Waals surface area contributed by atoms with E-state index in [9.17, 15) is 0 Å². The van der Waals surface area contributed by atoms with Crippen molar-refractivity contribution in [2.24, 2.45) is 17.8 Å². The molecule has 2 N–H and O–H groups in total. The number of hydrogen-bond acceptors (Lipinski definition) is 2. The lowest BCUT2D eigenvalue weighted by molar-refractivity contribution is 0.169. The van der Waals surface area contributed by atoms with Crippen molar-refractivity contribution in [1.29, 1.82) is 0 Å². The van der Waals surface area contributed by atoms with Gasteiger partial charge in [0.05, 0.1) is 6.61 Å². The Hall–Kier alpha value is -0.860. The fourth-order valence-electron chi connectivity index (χ4n) is 3.45. The molecule has 0 spiro atoms. The molecule has 2 rings (SSSR count). The summed E-state index contributed by atoms with van der Waals surface area (Å²) in [6, 6.07) is 8.92. The Balaban J connectivity index is 1.92. The number of rotatable bonds is 5. The first-order valence-electron chi connectivity index (χ1n) is 8.02. The van der Waals surface area contributed by atoms with Crippen LogP contribution in [-0.4, -0.2) is 11.1 Å². The SMILES string of the molecule is CC1CCC(C(C)C)C(NCc2ccc(CO)cc2)C1. The lowest BCUT2D eigenvalue weighted by Gasteiger charge is -2.38. The molecular formula is C18H29NO. The van der Waals surface area contributed by atoms with Crippen LogP contribution in [0.4, 0.5) is 0 Å². The van der Waals surface area contributed by atoms with Gasteiger partial charge in [-0.2, -0.15) is 0 Å². The van der Waals surface area contributed by atoms with Crippen molar-refractivity contribution in [1.82, 2.24) is 5.32 Å². The maximum Gasteiger partial charge on any atom is 0.0681 e. The van der Waals surface area contributed by atoms with Gasteiger partial charge in [0.15, 0.2) is 0 Å². The maximum atomic E-state index is 9.07. The zero-order chi connectivity index (χ0) is 14.5. The molecule has 1 aromatic carbocycles. The Bertz CT molecular complexity index is 398. The van der Waals surface area contributed by atoms with Crippen LogP contribution in [0, 0.1) is 17.8 Å². The predicted octanol–water partition coefficient (Wildman–Crippen LogP) is 3.73. The van der Waals surface area contributed by atoms with Crippen LogP contribution in [0.15, 0.2) is 24.3 Å². The molecule has 0 aliphatic heterocycles. The van der Waals surface area contributed by atoms with Crippen LogP contribution in [0.2, 0.25) is 0 Å². The summed E-state index contributed by atoms with van der Waals surface area (Å²) in [4.78, 5) is 0. The van der Waals surface area contributed by atoms with Gasteiger partial charge in [0.25, 0.3) is 0 Å². The molecule has 1 aromatic rings. The van der Waals surface area contributed by atoms with Gasteiger partial charge in [-0.1, -0.05) is 51.5 Å². The summed E-state index contributed by atoms with van der Waals surface area (Å²) < 4.78 is 0. The van der Waals surface area contributed by atoms with Crippen molar-refractivity contribution in [2.75, 3.05) is 0 Å². The van der Waals surface area contributed by atoms with E-state index < -0.39 is 0 Å². The van der Waals surface area contributed by atoms with Crippen LogP contribution < -0.4 is 5.32 Å². The summed E-state index contributed by atoms with van der Waals surface area (Å²) in [7, 11) is 0. The monoisotopic (exact) mass is 275 g/mol. The van der Waals surface area contributed by atoms with Gasteiger partial charge in [-0.3, -0.25) is 0 Å². The van der Waals surface area contributed by atoms with E-state index in [1.54, 1.807) is 0 Å². The summed E-state index contributed by atoms with van der Waals surface area (Å²) in [6.45, 7) is 8.15. The largest absolute Gasteiger partial charge is 0.392 e. The normalized spacial score (nSPS) is 26.9. The van der Waals surface area contributed by atoms with Crippen molar-refractivity contribution in [3.05, 3.63) is 35.4 Å². The number of benzene rings is 1. The van der Waals surface area contributed by atoms with Crippen molar-refractivity contribution in [3.8, 4) is 0 Å². The summed E-state index contributed by atoms with van der Waals surface area (Å²) in [6.07, 6.45) is 4.05. The average molecular weight is 275 g/mol. The summed E-state index contributed by atoms with van der Waals surface area (Å²) >= 11 is 0. The van der Waals surface area contributed by atoms with Crippen LogP contribution in [0.3, 0.4) is 0 Å². The average Bonchev–Trinajstić information content (AvgIpc) is 2.45. The second-order valence-corrected chi connectivity index (χ2v) is 6.79. The van der Waals surface area contributed by atoms with E-state index in [-0.39, 0.29) is 6.61 Å². The second kappa shape index (κ2) is 7.24. The minimum absolute atomic E-state index is 0.128. The molecule has 0 amide bonds. The Morgan fingerprint density at radius 1 is 1.15 bits per heavy atom. The van der Waals surface area contributed by atoms with Gasteiger partial charge < -0.3 is 10.4 Å². The van der Waals surface area contributed by atoms with Gasteiger partial charge in [0.1, 0.15) is 0 Å². The van der Waals surface area contributed by atoms with Gasteiger partial charge >= 0.3 is 0 Å². The highest BCUT2D eigenvalue weighted by Crippen LogP contribution is 2.33. The van der Waals surface area contributed by atoms with Crippen LogP contribution in [-0.2, 0) is 13.2 Å². The lowest BCUT2D eigenvalue weighted by atomic mass is 9.74. The quantitative estimate of drug-likeness (QED) is 0.858.